The zero-order valence-electron chi connectivity index (χ0n) is 9.79. The molecule has 8 nitrogen and oxygen atoms in total. The molecule has 0 aliphatic carbocycles. The Balaban J connectivity index is 3.30. The monoisotopic (exact) mass is 288 g/mol. The van der Waals surface area contributed by atoms with Gasteiger partial charge in [-0.3, -0.25) is 20.2 Å². The van der Waals surface area contributed by atoms with E-state index >= 15 is 0 Å². The first kappa shape index (κ1) is 14.8. The predicted molar refractivity (Wildman–Crippen MR) is 65.3 cm³/mol. The average molecular weight is 289 g/mol. The van der Waals surface area contributed by atoms with E-state index in [9.17, 15) is 25.0 Å². The summed E-state index contributed by atoms with van der Waals surface area (Å²) in [7, 11) is 0. The van der Waals surface area contributed by atoms with Crippen molar-refractivity contribution in [3.8, 4) is 0 Å². The summed E-state index contributed by atoms with van der Waals surface area (Å²) in [6.45, 7) is 1.88. The Morgan fingerprint density at radius 3 is 2.11 bits per heavy atom. The van der Waals surface area contributed by atoms with E-state index in [-0.39, 0.29) is 12.2 Å². The summed E-state index contributed by atoms with van der Waals surface area (Å²) < 4.78 is 4.76. The molecule has 0 fully saturated rings. The van der Waals surface area contributed by atoms with Gasteiger partial charge in [-0.25, -0.2) is 4.79 Å². The lowest BCUT2D eigenvalue weighted by Gasteiger charge is -2.04. The average Bonchev–Trinajstić information content (AvgIpc) is 2.35. The number of carbonyl (C=O) groups is 1. The van der Waals surface area contributed by atoms with Crippen molar-refractivity contribution >= 4 is 28.9 Å². The van der Waals surface area contributed by atoms with E-state index in [1.165, 1.54) is 0 Å². The molecule has 0 atom stereocenters. The Morgan fingerprint density at radius 1 is 1.26 bits per heavy atom. The molecule has 0 aliphatic rings. The first-order chi connectivity index (χ1) is 8.88. The standard InChI is InChI=1S/C10H9ClN2O6/c1-2-3-19-10(14)6-4-7(12(15)16)9(11)8(5-6)13(17)18/h4-5H,2-3H2,1H3. The number of hydrogen-bond acceptors (Lipinski definition) is 6. The van der Waals surface area contributed by atoms with Crippen molar-refractivity contribution in [1.29, 1.82) is 0 Å². The van der Waals surface area contributed by atoms with Crippen molar-refractivity contribution in [2.45, 2.75) is 13.3 Å². The summed E-state index contributed by atoms with van der Waals surface area (Å²) in [6.07, 6.45) is 0.559. The second-order valence-electron chi connectivity index (χ2n) is 3.48. The van der Waals surface area contributed by atoms with Crippen LogP contribution in [0.2, 0.25) is 5.02 Å². The van der Waals surface area contributed by atoms with Crippen LogP contribution in [0.25, 0.3) is 0 Å². The summed E-state index contributed by atoms with van der Waals surface area (Å²) in [5.74, 6) is -0.871. The number of benzene rings is 1. The largest absolute Gasteiger partial charge is 0.462 e. The molecule has 9 heteroatoms. The molecule has 102 valence electrons. The molecule has 0 N–H and O–H groups in total. The third-order valence-corrected chi connectivity index (χ3v) is 2.49. The van der Waals surface area contributed by atoms with Crippen LogP contribution in [0.5, 0.6) is 0 Å². The maximum absolute atomic E-state index is 11.6. The van der Waals surface area contributed by atoms with Gasteiger partial charge in [0.25, 0.3) is 11.4 Å². The summed E-state index contributed by atoms with van der Waals surface area (Å²) in [4.78, 5) is 31.2. The second-order valence-corrected chi connectivity index (χ2v) is 3.86. The lowest BCUT2D eigenvalue weighted by Crippen LogP contribution is -2.07. The summed E-state index contributed by atoms with van der Waals surface area (Å²) in [5.41, 5.74) is -1.70. The van der Waals surface area contributed by atoms with Crippen molar-refractivity contribution in [2.24, 2.45) is 0 Å². The van der Waals surface area contributed by atoms with Gasteiger partial charge in [-0.2, -0.15) is 0 Å². The lowest BCUT2D eigenvalue weighted by molar-refractivity contribution is -0.393. The van der Waals surface area contributed by atoms with E-state index in [0.29, 0.717) is 6.42 Å². The fraction of sp³-hybridized carbons (Fsp3) is 0.300. The molecule has 1 aromatic rings. The minimum absolute atomic E-state index is 0.114. The number of nitrogens with zero attached hydrogens (tertiary/aromatic N) is 2. The van der Waals surface area contributed by atoms with E-state index in [2.05, 4.69) is 0 Å². The SMILES string of the molecule is CCCOC(=O)c1cc([N+](=O)[O-])c(Cl)c([N+](=O)[O-])c1. The van der Waals surface area contributed by atoms with E-state index < -0.39 is 32.2 Å². The molecule has 0 aliphatic heterocycles. The number of esters is 1. The minimum Gasteiger partial charge on any atom is -0.462 e. The van der Waals surface area contributed by atoms with Crippen LogP contribution in [-0.4, -0.2) is 22.4 Å². The van der Waals surface area contributed by atoms with Crippen LogP contribution in [0.1, 0.15) is 23.7 Å². The van der Waals surface area contributed by atoms with Crippen molar-refractivity contribution in [3.05, 3.63) is 42.9 Å². The molecule has 19 heavy (non-hydrogen) atoms. The Hall–Kier alpha value is -2.22. The van der Waals surface area contributed by atoms with Gasteiger partial charge in [0.1, 0.15) is 0 Å². The van der Waals surface area contributed by atoms with Gasteiger partial charge in [-0.1, -0.05) is 18.5 Å². The van der Waals surface area contributed by atoms with Gasteiger partial charge < -0.3 is 4.74 Å². The normalized spacial score (nSPS) is 10.0. The van der Waals surface area contributed by atoms with Gasteiger partial charge in [0.15, 0.2) is 5.02 Å². The number of halogens is 1. The molecule has 0 saturated heterocycles. The molecule has 0 aromatic heterocycles. The number of ether oxygens (including phenoxy) is 1. The molecule has 0 unspecified atom stereocenters. The topological polar surface area (TPSA) is 113 Å². The van der Waals surface area contributed by atoms with Crippen LogP contribution in [0.4, 0.5) is 11.4 Å². The highest BCUT2D eigenvalue weighted by molar-refractivity contribution is 6.35. The quantitative estimate of drug-likeness (QED) is 0.467. The van der Waals surface area contributed by atoms with Crippen molar-refractivity contribution in [1.82, 2.24) is 0 Å². The molecule has 0 amide bonds. The zero-order valence-corrected chi connectivity index (χ0v) is 10.5. The highest BCUT2D eigenvalue weighted by Crippen LogP contribution is 2.35. The van der Waals surface area contributed by atoms with E-state index in [4.69, 9.17) is 16.3 Å². The summed E-state index contributed by atoms with van der Waals surface area (Å²) in [5, 5.41) is 20.8. The van der Waals surface area contributed by atoms with Crippen LogP contribution < -0.4 is 0 Å². The maximum Gasteiger partial charge on any atom is 0.338 e. The molecule has 0 saturated carbocycles. The van der Waals surface area contributed by atoms with Gasteiger partial charge >= 0.3 is 5.97 Å². The summed E-state index contributed by atoms with van der Waals surface area (Å²) in [6, 6.07) is 1.71. The Morgan fingerprint density at radius 2 is 1.74 bits per heavy atom. The fourth-order valence-corrected chi connectivity index (χ4v) is 1.50. The molecular formula is C10H9ClN2O6. The van der Waals surface area contributed by atoms with E-state index in [1.54, 1.807) is 6.92 Å². The lowest BCUT2D eigenvalue weighted by atomic mass is 10.1. The van der Waals surface area contributed by atoms with Crippen molar-refractivity contribution < 1.29 is 19.4 Å². The number of nitro benzene ring substituents is 2. The van der Waals surface area contributed by atoms with E-state index in [0.717, 1.165) is 12.1 Å². The first-order valence-corrected chi connectivity index (χ1v) is 5.55. The van der Waals surface area contributed by atoms with Crippen LogP contribution >= 0.6 is 11.6 Å². The highest BCUT2D eigenvalue weighted by atomic mass is 35.5. The molecule has 0 heterocycles. The van der Waals surface area contributed by atoms with Gasteiger partial charge in [0.2, 0.25) is 0 Å². The predicted octanol–water partition coefficient (Wildman–Crippen LogP) is 2.72. The van der Waals surface area contributed by atoms with Gasteiger partial charge in [-0.05, 0) is 6.42 Å². The van der Waals surface area contributed by atoms with Gasteiger partial charge in [0, 0.05) is 12.1 Å². The zero-order chi connectivity index (χ0) is 14.6. The van der Waals surface area contributed by atoms with Crippen LogP contribution in [0, 0.1) is 20.2 Å². The highest BCUT2D eigenvalue weighted by Gasteiger charge is 2.27. The number of carbonyl (C=O) groups excluding carboxylic acids is 1. The van der Waals surface area contributed by atoms with Crippen LogP contribution in [0.15, 0.2) is 12.1 Å². The molecule has 1 rings (SSSR count). The third kappa shape index (κ3) is 3.38. The first-order valence-electron chi connectivity index (χ1n) is 5.18. The van der Waals surface area contributed by atoms with Crippen molar-refractivity contribution in [2.75, 3.05) is 6.61 Å². The van der Waals surface area contributed by atoms with Gasteiger partial charge in [0.05, 0.1) is 22.0 Å². The Bertz CT molecular complexity index is 510. The van der Waals surface area contributed by atoms with Gasteiger partial charge in [-0.15, -0.1) is 0 Å². The molecule has 0 bridgehead atoms. The molecule has 1 aromatic carbocycles. The third-order valence-electron chi connectivity index (χ3n) is 2.10. The minimum atomic E-state index is -0.897. The van der Waals surface area contributed by atoms with E-state index in [1.807, 2.05) is 0 Å². The Kier molecular flexibility index (Phi) is 4.76. The number of hydrogen-bond donors (Lipinski definition) is 0. The number of nitro groups is 2. The molecule has 0 radical (unpaired) electrons. The second kappa shape index (κ2) is 6.10. The van der Waals surface area contributed by atoms with Crippen molar-refractivity contribution in [3.63, 3.8) is 0 Å². The number of rotatable bonds is 5. The Labute approximate surface area is 112 Å². The molecular weight excluding hydrogens is 280 g/mol. The smallest absolute Gasteiger partial charge is 0.338 e. The maximum atomic E-state index is 11.6. The molecule has 0 spiro atoms. The van der Waals surface area contributed by atoms with Crippen LogP contribution in [-0.2, 0) is 4.74 Å². The fourth-order valence-electron chi connectivity index (χ4n) is 1.26. The van der Waals surface area contributed by atoms with Crippen LogP contribution in [0.3, 0.4) is 0 Å². The summed E-state index contributed by atoms with van der Waals surface area (Å²) >= 11 is 5.54.